The molecule has 1 aliphatic rings. The van der Waals surface area contributed by atoms with Gasteiger partial charge in [-0.1, -0.05) is 45.1 Å². The SMILES string of the molecule is C=C(C)[C@@H]1C(c2ccc(OC)cc2)=C(I)C[C@H]1O[Si](C)(C)C(C)(C)C. The Morgan fingerprint density at radius 3 is 2.20 bits per heavy atom. The topological polar surface area (TPSA) is 18.5 Å². The standard InChI is InChI=1S/C21H31IO2Si/c1-14(2)19-18(24-25(7,8)21(3,4)5)13-17(22)20(19)15-9-11-16(23-6)12-10-15/h9-12,18-19H,1,13H2,2-8H3/t18-,19+/m1/s1. The van der Waals surface area contributed by atoms with Gasteiger partial charge in [0, 0.05) is 12.3 Å². The van der Waals surface area contributed by atoms with Crippen LogP contribution in [0.25, 0.3) is 5.57 Å². The van der Waals surface area contributed by atoms with Gasteiger partial charge in [-0.3, -0.25) is 0 Å². The molecule has 1 aromatic carbocycles. The van der Waals surface area contributed by atoms with Gasteiger partial charge in [0.25, 0.3) is 0 Å². The fraction of sp³-hybridized carbons (Fsp3) is 0.524. The number of ether oxygens (including phenoxy) is 1. The largest absolute Gasteiger partial charge is 0.497 e. The third-order valence-corrected chi connectivity index (χ3v) is 11.1. The molecule has 1 aromatic rings. The number of hydrogen-bond acceptors (Lipinski definition) is 2. The molecular weight excluding hydrogens is 439 g/mol. The van der Waals surface area contributed by atoms with Gasteiger partial charge >= 0.3 is 0 Å². The summed E-state index contributed by atoms with van der Waals surface area (Å²) in [7, 11) is -0.122. The highest BCUT2D eigenvalue weighted by molar-refractivity contribution is 14.1. The summed E-state index contributed by atoms with van der Waals surface area (Å²) in [6.45, 7) is 18.0. The molecule has 0 N–H and O–H groups in total. The van der Waals surface area contributed by atoms with Gasteiger partial charge < -0.3 is 9.16 Å². The van der Waals surface area contributed by atoms with Crippen molar-refractivity contribution in [3.63, 3.8) is 0 Å². The van der Waals surface area contributed by atoms with E-state index in [-0.39, 0.29) is 17.1 Å². The zero-order valence-electron chi connectivity index (χ0n) is 16.6. The lowest BCUT2D eigenvalue weighted by Crippen LogP contribution is -2.45. The van der Waals surface area contributed by atoms with Gasteiger partial charge in [0.2, 0.25) is 0 Å². The van der Waals surface area contributed by atoms with Gasteiger partial charge in [-0.05, 0) is 74.5 Å². The molecule has 0 aromatic heterocycles. The summed E-state index contributed by atoms with van der Waals surface area (Å²) in [5.41, 5.74) is 3.81. The Morgan fingerprint density at radius 2 is 1.76 bits per heavy atom. The van der Waals surface area contributed by atoms with E-state index in [9.17, 15) is 0 Å². The van der Waals surface area contributed by atoms with Gasteiger partial charge in [0.05, 0.1) is 13.2 Å². The molecule has 0 heterocycles. The van der Waals surface area contributed by atoms with Crippen LogP contribution in [0.2, 0.25) is 18.1 Å². The lowest BCUT2D eigenvalue weighted by molar-refractivity contribution is 0.166. The van der Waals surface area contributed by atoms with Crippen LogP contribution in [0.3, 0.4) is 0 Å². The van der Waals surface area contributed by atoms with Crippen LogP contribution in [0, 0.1) is 5.92 Å². The van der Waals surface area contributed by atoms with Gasteiger partial charge in [0.15, 0.2) is 8.32 Å². The summed E-state index contributed by atoms with van der Waals surface area (Å²) < 4.78 is 13.5. The van der Waals surface area contributed by atoms with Crippen LogP contribution in [0.1, 0.15) is 39.7 Å². The first kappa shape index (κ1) is 20.7. The van der Waals surface area contributed by atoms with E-state index in [1.807, 2.05) is 12.1 Å². The van der Waals surface area contributed by atoms with Crippen LogP contribution >= 0.6 is 22.6 Å². The van der Waals surface area contributed by atoms with E-state index in [2.05, 4.69) is 82.1 Å². The fourth-order valence-corrected chi connectivity index (χ4v) is 5.51. The number of hydrogen-bond donors (Lipinski definition) is 0. The molecule has 0 unspecified atom stereocenters. The molecule has 0 saturated heterocycles. The average Bonchev–Trinajstić information content (AvgIpc) is 2.81. The summed E-state index contributed by atoms with van der Waals surface area (Å²) in [5.74, 6) is 1.15. The highest BCUT2D eigenvalue weighted by atomic mass is 127. The maximum absolute atomic E-state index is 6.81. The number of methoxy groups -OCH3 is 1. The van der Waals surface area contributed by atoms with Gasteiger partial charge in [-0.15, -0.1) is 0 Å². The van der Waals surface area contributed by atoms with Crippen molar-refractivity contribution in [2.24, 2.45) is 5.92 Å². The number of halogens is 1. The van der Waals surface area contributed by atoms with E-state index < -0.39 is 8.32 Å². The molecular formula is C21H31IO2Si. The predicted molar refractivity (Wildman–Crippen MR) is 119 cm³/mol. The summed E-state index contributed by atoms with van der Waals surface area (Å²) in [5, 5.41) is 0.209. The molecule has 0 amide bonds. The zero-order chi connectivity index (χ0) is 19.0. The number of benzene rings is 1. The van der Waals surface area contributed by atoms with Crippen molar-refractivity contribution in [3.05, 3.63) is 45.6 Å². The van der Waals surface area contributed by atoms with E-state index in [0.29, 0.717) is 0 Å². The second-order valence-electron chi connectivity index (χ2n) is 8.49. The minimum atomic E-state index is -1.82. The van der Waals surface area contributed by atoms with Crippen molar-refractivity contribution in [2.45, 2.75) is 58.4 Å². The van der Waals surface area contributed by atoms with Crippen LogP contribution < -0.4 is 4.74 Å². The molecule has 0 spiro atoms. The first-order valence-electron chi connectivity index (χ1n) is 8.84. The first-order chi connectivity index (χ1) is 11.5. The highest BCUT2D eigenvalue weighted by Crippen LogP contribution is 2.49. The summed E-state index contributed by atoms with van der Waals surface area (Å²) >= 11 is 2.49. The zero-order valence-corrected chi connectivity index (χ0v) is 19.7. The van der Waals surface area contributed by atoms with Crippen LogP contribution in [-0.4, -0.2) is 21.5 Å². The van der Waals surface area contributed by atoms with E-state index in [1.54, 1.807) is 7.11 Å². The second kappa shape index (κ2) is 7.57. The van der Waals surface area contributed by atoms with E-state index in [1.165, 1.54) is 20.3 Å². The minimum Gasteiger partial charge on any atom is -0.497 e. The summed E-state index contributed by atoms with van der Waals surface area (Å²) in [6.07, 6.45) is 1.17. The molecule has 2 nitrogen and oxygen atoms in total. The summed E-state index contributed by atoms with van der Waals surface area (Å²) in [4.78, 5) is 0. The molecule has 25 heavy (non-hydrogen) atoms. The molecule has 0 fully saturated rings. The first-order valence-corrected chi connectivity index (χ1v) is 12.8. The monoisotopic (exact) mass is 470 g/mol. The molecule has 2 atom stereocenters. The van der Waals surface area contributed by atoms with Crippen LogP contribution in [0.5, 0.6) is 5.75 Å². The maximum Gasteiger partial charge on any atom is 0.192 e. The molecule has 1 aliphatic carbocycles. The lowest BCUT2D eigenvalue weighted by Gasteiger charge is -2.40. The average molecular weight is 470 g/mol. The van der Waals surface area contributed by atoms with Gasteiger partial charge in [-0.2, -0.15) is 0 Å². The molecule has 2 rings (SSSR count). The van der Waals surface area contributed by atoms with Crippen molar-refractivity contribution in [1.29, 1.82) is 0 Å². The van der Waals surface area contributed by atoms with Gasteiger partial charge in [-0.25, -0.2) is 0 Å². The maximum atomic E-state index is 6.81. The van der Waals surface area contributed by atoms with E-state index in [4.69, 9.17) is 9.16 Å². The van der Waals surface area contributed by atoms with Crippen molar-refractivity contribution in [1.82, 2.24) is 0 Å². The van der Waals surface area contributed by atoms with Crippen LogP contribution in [0.15, 0.2) is 40.0 Å². The molecule has 4 heteroatoms. The Balaban J connectivity index is 2.35. The molecule has 0 bridgehead atoms. The Bertz CT molecular complexity index is 668. The van der Waals surface area contributed by atoms with Crippen molar-refractivity contribution >= 4 is 36.5 Å². The molecule has 0 radical (unpaired) electrons. The van der Waals surface area contributed by atoms with Crippen molar-refractivity contribution in [3.8, 4) is 5.75 Å². The molecule has 0 aliphatic heterocycles. The van der Waals surface area contributed by atoms with Crippen molar-refractivity contribution < 1.29 is 9.16 Å². The normalized spacial score (nSPS) is 21.6. The smallest absolute Gasteiger partial charge is 0.192 e. The second-order valence-corrected chi connectivity index (χ2v) is 14.6. The fourth-order valence-electron chi connectivity index (χ4n) is 3.09. The Labute approximate surface area is 168 Å². The van der Waals surface area contributed by atoms with Gasteiger partial charge in [0.1, 0.15) is 5.75 Å². The quantitative estimate of drug-likeness (QED) is 0.267. The molecule has 0 saturated carbocycles. The third kappa shape index (κ3) is 4.39. The third-order valence-electron chi connectivity index (χ3n) is 5.54. The molecule has 138 valence electrons. The van der Waals surface area contributed by atoms with E-state index in [0.717, 1.165) is 12.2 Å². The Hall–Kier alpha value is -0.593. The Morgan fingerprint density at radius 1 is 1.20 bits per heavy atom. The van der Waals surface area contributed by atoms with E-state index >= 15 is 0 Å². The van der Waals surface area contributed by atoms with Crippen LogP contribution in [0.4, 0.5) is 0 Å². The summed E-state index contributed by atoms with van der Waals surface area (Å²) in [6, 6.07) is 8.36. The minimum absolute atomic E-state index is 0.197. The highest BCUT2D eigenvalue weighted by Gasteiger charge is 2.44. The lowest BCUT2D eigenvalue weighted by atomic mass is 9.88. The van der Waals surface area contributed by atoms with Crippen LogP contribution in [-0.2, 0) is 4.43 Å². The van der Waals surface area contributed by atoms with Crippen molar-refractivity contribution in [2.75, 3.05) is 7.11 Å². The predicted octanol–water partition coefficient (Wildman–Crippen LogP) is 6.83. The Kier molecular flexibility index (Phi) is 6.27. The number of rotatable bonds is 5.